The number of nitrogens with zero attached hydrogens (tertiary/aromatic N) is 3. The minimum atomic E-state index is -0.315. The summed E-state index contributed by atoms with van der Waals surface area (Å²) in [4.78, 5) is 36.7. The predicted octanol–water partition coefficient (Wildman–Crippen LogP) is 1.74. The molecule has 0 bridgehead atoms. The van der Waals surface area contributed by atoms with Crippen molar-refractivity contribution in [3.63, 3.8) is 0 Å². The Labute approximate surface area is 142 Å². The summed E-state index contributed by atoms with van der Waals surface area (Å²) in [5.41, 5.74) is 0.522. The van der Waals surface area contributed by atoms with Gasteiger partial charge in [-0.15, -0.1) is 0 Å². The van der Waals surface area contributed by atoms with Gasteiger partial charge in [-0.1, -0.05) is 12.8 Å². The van der Waals surface area contributed by atoms with Crippen molar-refractivity contribution < 1.29 is 9.59 Å². The van der Waals surface area contributed by atoms with Crippen molar-refractivity contribution in [2.45, 2.75) is 57.4 Å². The number of carbonyl (C=O) groups is 2. The van der Waals surface area contributed by atoms with E-state index in [-0.39, 0.29) is 11.3 Å². The Hall–Kier alpha value is -1.85. The first-order chi connectivity index (χ1) is 11.7. The van der Waals surface area contributed by atoms with E-state index in [9.17, 15) is 9.59 Å². The van der Waals surface area contributed by atoms with Crippen LogP contribution in [0.1, 0.15) is 50.6 Å². The average molecular weight is 330 g/mol. The van der Waals surface area contributed by atoms with Crippen LogP contribution >= 0.6 is 0 Å². The third kappa shape index (κ3) is 2.72. The number of aromatic nitrogens is 2. The number of amides is 2. The molecule has 4 rings (SSSR count). The maximum atomic E-state index is 13.2. The van der Waals surface area contributed by atoms with Crippen molar-refractivity contribution in [1.82, 2.24) is 19.8 Å². The van der Waals surface area contributed by atoms with Crippen molar-refractivity contribution >= 4 is 11.8 Å². The molecular formula is C18H26N4O2. The lowest BCUT2D eigenvalue weighted by molar-refractivity contribution is -0.148. The maximum Gasteiger partial charge on any atom is 0.230 e. The van der Waals surface area contributed by atoms with Crippen molar-refractivity contribution in [3.8, 4) is 0 Å². The Morgan fingerprint density at radius 1 is 1.25 bits per heavy atom. The molecule has 2 saturated heterocycles. The van der Waals surface area contributed by atoms with E-state index in [4.69, 9.17) is 0 Å². The third-order valence-electron chi connectivity index (χ3n) is 6.14. The average Bonchev–Trinajstić information content (AvgIpc) is 3.32. The topological polar surface area (TPSA) is 69.3 Å². The Bertz CT molecular complexity index is 609. The molecular weight excluding hydrogens is 304 g/mol. The molecule has 3 heterocycles. The number of piperidine rings is 1. The Kier molecular flexibility index (Phi) is 4.06. The molecule has 2 aliphatic heterocycles. The monoisotopic (exact) mass is 330 g/mol. The SMILES string of the molecule is O=C(Cc1cnc[nH]1)N1CC[C@@]2(CCCN(C3CCCC3)C2=O)C1. The predicted molar refractivity (Wildman–Crippen MR) is 89.1 cm³/mol. The summed E-state index contributed by atoms with van der Waals surface area (Å²) >= 11 is 0. The Morgan fingerprint density at radius 3 is 2.83 bits per heavy atom. The van der Waals surface area contributed by atoms with Gasteiger partial charge in [-0.3, -0.25) is 9.59 Å². The van der Waals surface area contributed by atoms with Crippen LogP contribution in [0.15, 0.2) is 12.5 Å². The first-order valence-electron chi connectivity index (χ1n) is 9.24. The molecule has 3 aliphatic rings. The van der Waals surface area contributed by atoms with E-state index in [2.05, 4.69) is 14.9 Å². The second-order valence-electron chi connectivity index (χ2n) is 7.64. The van der Waals surface area contributed by atoms with Gasteiger partial charge in [0.05, 0.1) is 18.2 Å². The summed E-state index contributed by atoms with van der Waals surface area (Å²) in [6, 6.07) is 0.449. The van der Waals surface area contributed by atoms with Crippen LogP contribution in [0.5, 0.6) is 0 Å². The number of hydrogen-bond acceptors (Lipinski definition) is 3. The molecule has 1 atom stereocenters. The maximum absolute atomic E-state index is 13.2. The van der Waals surface area contributed by atoms with Crippen LogP contribution in [-0.4, -0.2) is 57.3 Å². The van der Waals surface area contributed by atoms with Gasteiger partial charge < -0.3 is 14.8 Å². The molecule has 1 saturated carbocycles. The molecule has 0 aromatic carbocycles. The molecule has 2 amide bonds. The fourth-order valence-electron chi connectivity index (χ4n) is 4.79. The van der Waals surface area contributed by atoms with E-state index in [0.29, 0.717) is 31.5 Å². The molecule has 6 heteroatoms. The van der Waals surface area contributed by atoms with Gasteiger partial charge in [0.2, 0.25) is 11.8 Å². The lowest BCUT2D eigenvalue weighted by Crippen LogP contribution is -2.53. The molecule has 1 spiro atoms. The molecule has 0 radical (unpaired) electrons. The van der Waals surface area contributed by atoms with Crippen LogP contribution < -0.4 is 0 Å². The number of carbonyl (C=O) groups excluding carboxylic acids is 2. The molecule has 0 unspecified atom stereocenters. The summed E-state index contributed by atoms with van der Waals surface area (Å²) in [5.74, 6) is 0.416. The Morgan fingerprint density at radius 2 is 2.08 bits per heavy atom. The van der Waals surface area contributed by atoms with Crippen LogP contribution in [0, 0.1) is 5.41 Å². The number of H-pyrrole nitrogens is 1. The summed E-state index contributed by atoms with van der Waals surface area (Å²) < 4.78 is 0. The zero-order chi connectivity index (χ0) is 16.6. The van der Waals surface area contributed by atoms with Gasteiger partial charge in [0.15, 0.2) is 0 Å². The lowest BCUT2D eigenvalue weighted by Gasteiger charge is -2.42. The van der Waals surface area contributed by atoms with E-state index >= 15 is 0 Å². The highest BCUT2D eigenvalue weighted by Crippen LogP contribution is 2.42. The van der Waals surface area contributed by atoms with Crippen LogP contribution in [0.3, 0.4) is 0 Å². The zero-order valence-corrected chi connectivity index (χ0v) is 14.2. The molecule has 6 nitrogen and oxygen atoms in total. The number of hydrogen-bond donors (Lipinski definition) is 1. The molecule has 3 fully saturated rings. The van der Waals surface area contributed by atoms with Crippen LogP contribution in [0.4, 0.5) is 0 Å². The molecule has 1 aliphatic carbocycles. The molecule has 1 aromatic heterocycles. The number of rotatable bonds is 3. The highest BCUT2D eigenvalue weighted by atomic mass is 16.2. The third-order valence-corrected chi connectivity index (χ3v) is 6.14. The lowest BCUT2D eigenvalue weighted by atomic mass is 9.77. The quantitative estimate of drug-likeness (QED) is 0.918. The number of likely N-dealkylation sites (tertiary alicyclic amines) is 2. The van der Waals surface area contributed by atoms with E-state index in [1.54, 1.807) is 12.5 Å². The number of nitrogens with one attached hydrogen (secondary N) is 1. The minimum Gasteiger partial charge on any atom is -0.348 e. The standard InChI is InChI=1S/C18H26N4O2/c23-16(10-14-11-19-13-20-14)21-9-7-18(12-21)6-3-8-22(17(18)24)15-4-1-2-5-15/h11,13,15H,1-10,12H2,(H,19,20)/t18-/m0/s1. The summed E-state index contributed by atoms with van der Waals surface area (Å²) in [6.45, 7) is 2.21. The number of imidazole rings is 1. The van der Waals surface area contributed by atoms with Crippen molar-refractivity contribution in [3.05, 3.63) is 18.2 Å². The van der Waals surface area contributed by atoms with Gasteiger partial charge in [0.25, 0.3) is 0 Å². The Balaban J connectivity index is 1.43. The van der Waals surface area contributed by atoms with Crippen molar-refractivity contribution in [1.29, 1.82) is 0 Å². The molecule has 1 aromatic rings. The number of aromatic amines is 1. The van der Waals surface area contributed by atoms with E-state index < -0.39 is 0 Å². The normalized spacial score (nSPS) is 28.2. The first kappa shape index (κ1) is 15.7. The van der Waals surface area contributed by atoms with Gasteiger partial charge in [-0.25, -0.2) is 4.98 Å². The largest absolute Gasteiger partial charge is 0.348 e. The molecule has 130 valence electrons. The van der Waals surface area contributed by atoms with E-state index in [1.807, 2.05) is 4.90 Å². The van der Waals surface area contributed by atoms with Gasteiger partial charge in [0, 0.05) is 37.6 Å². The summed E-state index contributed by atoms with van der Waals surface area (Å²) in [5, 5.41) is 0. The second-order valence-corrected chi connectivity index (χ2v) is 7.64. The van der Waals surface area contributed by atoms with E-state index in [1.165, 1.54) is 12.8 Å². The molecule has 24 heavy (non-hydrogen) atoms. The van der Waals surface area contributed by atoms with Gasteiger partial charge in [0.1, 0.15) is 0 Å². The fraction of sp³-hybridized carbons (Fsp3) is 0.722. The van der Waals surface area contributed by atoms with Crippen molar-refractivity contribution in [2.24, 2.45) is 5.41 Å². The smallest absolute Gasteiger partial charge is 0.230 e. The first-order valence-corrected chi connectivity index (χ1v) is 9.24. The highest BCUT2D eigenvalue weighted by molar-refractivity contribution is 5.86. The summed E-state index contributed by atoms with van der Waals surface area (Å²) in [7, 11) is 0. The summed E-state index contributed by atoms with van der Waals surface area (Å²) in [6.07, 6.45) is 11.3. The van der Waals surface area contributed by atoms with Crippen LogP contribution in [0.25, 0.3) is 0 Å². The molecule has 1 N–H and O–H groups in total. The van der Waals surface area contributed by atoms with Crippen LogP contribution in [0.2, 0.25) is 0 Å². The van der Waals surface area contributed by atoms with Gasteiger partial charge in [-0.05, 0) is 32.1 Å². The second kappa shape index (κ2) is 6.22. The van der Waals surface area contributed by atoms with Crippen LogP contribution in [-0.2, 0) is 16.0 Å². The van der Waals surface area contributed by atoms with E-state index in [0.717, 1.165) is 44.3 Å². The van der Waals surface area contributed by atoms with Crippen molar-refractivity contribution in [2.75, 3.05) is 19.6 Å². The fourth-order valence-corrected chi connectivity index (χ4v) is 4.79. The zero-order valence-electron chi connectivity index (χ0n) is 14.2. The minimum absolute atomic E-state index is 0.0990. The van der Waals surface area contributed by atoms with Gasteiger partial charge in [-0.2, -0.15) is 0 Å². The van der Waals surface area contributed by atoms with Gasteiger partial charge >= 0.3 is 0 Å². The highest BCUT2D eigenvalue weighted by Gasteiger charge is 2.50.